The highest BCUT2D eigenvalue weighted by Gasteiger charge is 2.22. The molecule has 1 aromatic carbocycles. The molecule has 27 heavy (non-hydrogen) atoms. The van der Waals surface area contributed by atoms with Crippen LogP contribution in [0.15, 0.2) is 47.2 Å². The maximum Gasteiger partial charge on any atom is 0.264 e. The van der Waals surface area contributed by atoms with Crippen LogP contribution < -0.4 is 4.74 Å². The number of thiophene rings is 1. The SMILES string of the molecule is CC[C@H](C)N(Cc1csc(COc2ccccc2C)n1)C(=O)c1cccs1. The van der Waals surface area contributed by atoms with E-state index in [9.17, 15) is 4.79 Å². The molecular weight excluding hydrogens is 376 g/mol. The monoisotopic (exact) mass is 400 g/mol. The molecule has 0 unspecified atom stereocenters. The summed E-state index contributed by atoms with van der Waals surface area (Å²) in [7, 11) is 0. The number of thiazole rings is 1. The highest BCUT2D eigenvalue weighted by atomic mass is 32.1. The zero-order valence-corrected chi connectivity index (χ0v) is 17.5. The number of carbonyl (C=O) groups excluding carboxylic acids is 1. The van der Waals surface area contributed by atoms with Crippen LogP contribution in [0.1, 0.15) is 46.2 Å². The third kappa shape index (κ3) is 4.96. The van der Waals surface area contributed by atoms with Gasteiger partial charge in [0.1, 0.15) is 17.4 Å². The van der Waals surface area contributed by atoms with Crippen LogP contribution >= 0.6 is 22.7 Å². The van der Waals surface area contributed by atoms with Crippen LogP contribution in [-0.4, -0.2) is 21.8 Å². The lowest BCUT2D eigenvalue weighted by Gasteiger charge is -2.27. The van der Waals surface area contributed by atoms with Crippen LogP contribution in [0.25, 0.3) is 0 Å². The van der Waals surface area contributed by atoms with Crippen molar-refractivity contribution in [3.8, 4) is 5.75 Å². The van der Waals surface area contributed by atoms with Crippen molar-refractivity contribution in [3.63, 3.8) is 0 Å². The zero-order chi connectivity index (χ0) is 19.2. The van der Waals surface area contributed by atoms with Gasteiger partial charge in [-0.05, 0) is 43.3 Å². The van der Waals surface area contributed by atoms with Gasteiger partial charge in [0, 0.05) is 11.4 Å². The summed E-state index contributed by atoms with van der Waals surface area (Å²) >= 11 is 3.05. The number of hydrogen-bond acceptors (Lipinski definition) is 5. The molecule has 0 saturated heterocycles. The lowest BCUT2D eigenvalue weighted by molar-refractivity contribution is 0.0674. The number of carbonyl (C=O) groups is 1. The second-order valence-corrected chi connectivity index (χ2v) is 8.34. The molecular formula is C21H24N2O2S2. The molecule has 4 nitrogen and oxygen atoms in total. The number of ether oxygens (including phenoxy) is 1. The van der Waals surface area contributed by atoms with Gasteiger partial charge >= 0.3 is 0 Å². The second kappa shape index (κ2) is 9.15. The van der Waals surface area contributed by atoms with Crippen molar-refractivity contribution in [3.05, 3.63) is 68.3 Å². The molecule has 0 aliphatic heterocycles. The molecule has 142 valence electrons. The molecule has 0 aliphatic carbocycles. The summed E-state index contributed by atoms with van der Waals surface area (Å²) in [6, 6.07) is 11.9. The lowest BCUT2D eigenvalue weighted by atomic mass is 10.2. The number of aromatic nitrogens is 1. The summed E-state index contributed by atoms with van der Waals surface area (Å²) in [5.74, 6) is 0.952. The van der Waals surface area contributed by atoms with E-state index in [4.69, 9.17) is 4.74 Å². The van der Waals surface area contributed by atoms with Gasteiger partial charge in [-0.1, -0.05) is 31.2 Å². The number of aryl methyl sites for hydroxylation is 1. The van der Waals surface area contributed by atoms with Gasteiger partial charge in [0.2, 0.25) is 0 Å². The number of hydrogen-bond donors (Lipinski definition) is 0. The van der Waals surface area contributed by atoms with E-state index in [1.807, 2.05) is 59.0 Å². The molecule has 2 aromatic heterocycles. The van der Waals surface area contributed by atoms with Gasteiger partial charge in [0.15, 0.2) is 0 Å². The van der Waals surface area contributed by atoms with Crippen LogP contribution in [0.3, 0.4) is 0 Å². The fraction of sp³-hybridized carbons (Fsp3) is 0.333. The van der Waals surface area contributed by atoms with Crippen LogP contribution in [0, 0.1) is 6.92 Å². The average Bonchev–Trinajstić information content (AvgIpc) is 3.36. The fourth-order valence-electron chi connectivity index (χ4n) is 2.71. The third-order valence-corrected chi connectivity index (χ3v) is 6.22. The van der Waals surface area contributed by atoms with Gasteiger partial charge in [0.25, 0.3) is 5.91 Å². The molecule has 2 heterocycles. The Morgan fingerprint density at radius 1 is 1.22 bits per heavy atom. The Labute approximate surface area is 168 Å². The Bertz CT molecular complexity index is 874. The summed E-state index contributed by atoms with van der Waals surface area (Å²) < 4.78 is 5.89. The number of rotatable bonds is 8. The maximum absolute atomic E-state index is 12.9. The van der Waals surface area contributed by atoms with Gasteiger partial charge < -0.3 is 9.64 Å². The van der Waals surface area contributed by atoms with E-state index < -0.39 is 0 Å². The molecule has 1 amide bonds. The summed E-state index contributed by atoms with van der Waals surface area (Å²) in [6.07, 6.45) is 0.907. The molecule has 0 aliphatic rings. The topological polar surface area (TPSA) is 42.4 Å². The van der Waals surface area contributed by atoms with Gasteiger partial charge in [-0.2, -0.15) is 0 Å². The Kier molecular flexibility index (Phi) is 6.63. The second-order valence-electron chi connectivity index (χ2n) is 6.45. The van der Waals surface area contributed by atoms with Gasteiger partial charge in [0.05, 0.1) is 17.1 Å². The minimum absolute atomic E-state index is 0.0741. The van der Waals surface area contributed by atoms with E-state index in [0.29, 0.717) is 13.2 Å². The first-order valence-corrected chi connectivity index (χ1v) is 10.8. The van der Waals surface area contributed by atoms with Crippen molar-refractivity contribution < 1.29 is 9.53 Å². The zero-order valence-electron chi connectivity index (χ0n) is 15.8. The molecule has 0 N–H and O–H groups in total. The van der Waals surface area contributed by atoms with Gasteiger partial charge in [-0.15, -0.1) is 22.7 Å². The molecule has 0 bridgehead atoms. The normalized spacial score (nSPS) is 12.0. The lowest BCUT2D eigenvalue weighted by Crippen LogP contribution is -2.37. The van der Waals surface area contributed by atoms with Crippen molar-refractivity contribution in [2.45, 2.75) is 46.4 Å². The van der Waals surface area contributed by atoms with E-state index in [0.717, 1.165) is 33.3 Å². The average molecular weight is 401 g/mol. The number of nitrogens with zero attached hydrogens (tertiary/aromatic N) is 2. The first kappa shape index (κ1) is 19.6. The Morgan fingerprint density at radius 2 is 2.04 bits per heavy atom. The Balaban J connectivity index is 1.67. The summed E-state index contributed by atoms with van der Waals surface area (Å²) in [5.41, 5.74) is 2.02. The van der Waals surface area contributed by atoms with E-state index in [1.54, 1.807) is 11.3 Å². The van der Waals surface area contributed by atoms with E-state index in [2.05, 4.69) is 18.8 Å². The first-order chi connectivity index (χ1) is 13.1. The van der Waals surface area contributed by atoms with Crippen molar-refractivity contribution in [1.29, 1.82) is 0 Å². The molecule has 6 heteroatoms. The maximum atomic E-state index is 12.9. The molecule has 0 radical (unpaired) electrons. The molecule has 0 fully saturated rings. The number of benzene rings is 1. The smallest absolute Gasteiger partial charge is 0.264 e. The predicted octanol–water partition coefficient (Wildman–Crippen LogP) is 5.53. The fourth-order valence-corrected chi connectivity index (χ4v) is 4.09. The molecule has 3 aromatic rings. The van der Waals surface area contributed by atoms with Crippen molar-refractivity contribution in [2.75, 3.05) is 0 Å². The van der Waals surface area contributed by atoms with Crippen LogP contribution in [-0.2, 0) is 13.2 Å². The first-order valence-electron chi connectivity index (χ1n) is 9.04. The van der Waals surface area contributed by atoms with E-state index >= 15 is 0 Å². The predicted molar refractivity (Wildman–Crippen MR) is 112 cm³/mol. The largest absolute Gasteiger partial charge is 0.486 e. The number of amides is 1. The molecule has 0 saturated carbocycles. The quantitative estimate of drug-likeness (QED) is 0.499. The van der Waals surface area contributed by atoms with Gasteiger partial charge in [-0.3, -0.25) is 4.79 Å². The molecule has 3 rings (SSSR count). The molecule has 0 spiro atoms. The summed E-state index contributed by atoms with van der Waals surface area (Å²) in [4.78, 5) is 20.2. The minimum atomic E-state index is 0.0741. The molecule has 1 atom stereocenters. The van der Waals surface area contributed by atoms with Gasteiger partial charge in [-0.25, -0.2) is 4.98 Å². The van der Waals surface area contributed by atoms with Crippen molar-refractivity contribution in [2.24, 2.45) is 0 Å². The number of para-hydroxylation sites is 1. The van der Waals surface area contributed by atoms with Crippen LogP contribution in [0.2, 0.25) is 0 Å². The standard InChI is InChI=1S/C21H24N2O2S2/c1-4-16(3)23(21(24)19-10-7-11-26-19)12-17-14-27-20(22-17)13-25-18-9-6-5-8-15(18)2/h5-11,14,16H,4,12-13H2,1-3H3/t16-/m0/s1. The highest BCUT2D eigenvalue weighted by Crippen LogP contribution is 2.22. The van der Waals surface area contributed by atoms with Crippen LogP contribution in [0.4, 0.5) is 0 Å². The van der Waals surface area contributed by atoms with Crippen molar-refractivity contribution >= 4 is 28.6 Å². The minimum Gasteiger partial charge on any atom is -0.486 e. The van der Waals surface area contributed by atoms with E-state index in [-0.39, 0.29) is 11.9 Å². The summed E-state index contributed by atoms with van der Waals surface area (Å²) in [6.45, 7) is 7.18. The Hall–Kier alpha value is -2.18. The van der Waals surface area contributed by atoms with Crippen molar-refractivity contribution in [1.82, 2.24) is 9.88 Å². The Morgan fingerprint density at radius 3 is 2.74 bits per heavy atom. The third-order valence-electron chi connectivity index (χ3n) is 4.49. The van der Waals surface area contributed by atoms with E-state index in [1.165, 1.54) is 11.3 Å². The van der Waals surface area contributed by atoms with Crippen LogP contribution in [0.5, 0.6) is 5.75 Å². The summed E-state index contributed by atoms with van der Waals surface area (Å²) in [5, 5.41) is 4.88. The highest BCUT2D eigenvalue weighted by molar-refractivity contribution is 7.12.